The van der Waals surface area contributed by atoms with E-state index in [0.717, 1.165) is 6.42 Å². The van der Waals surface area contributed by atoms with Crippen molar-refractivity contribution in [1.82, 2.24) is 5.32 Å². The lowest BCUT2D eigenvalue weighted by Gasteiger charge is -2.16. The van der Waals surface area contributed by atoms with Crippen LogP contribution in [0.4, 0.5) is 0 Å². The minimum absolute atomic E-state index is 0.307. The quantitative estimate of drug-likeness (QED) is 0.757. The molecule has 0 aliphatic carbocycles. The fourth-order valence-electron chi connectivity index (χ4n) is 2.22. The number of hydrogen-bond acceptors (Lipinski definition) is 2. The topological polar surface area (TPSA) is 12.0 Å². The summed E-state index contributed by atoms with van der Waals surface area (Å²) >= 11 is 4.18. The van der Waals surface area contributed by atoms with Crippen LogP contribution in [0.15, 0.2) is 35.7 Å². The normalized spacial score (nSPS) is 12.6. The van der Waals surface area contributed by atoms with Gasteiger partial charge in [-0.3, -0.25) is 0 Å². The van der Waals surface area contributed by atoms with Crippen molar-refractivity contribution < 1.29 is 0 Å². The Bertz CT molecular complexity index is 507. The van der Waals surface area contributed by atoms with E-state index in [1.807, 2.05) is 7.05 Å². The minimum Gasteiger partial charge on any atom is -0.309 e. The van der Waals surface area contributed by atoms with Crippen LogP contribution < -0.4 is 5.32 Å². The Morgan fingerprint density at radius 3 is 2.72 bits per heavy atom. The largest absolute Gasteiger partial charge is 0.309 e. The summed E-state index contributed by atoms with van der Waals surface area (Å²) in [5, 5.41) is 5.67. The predicted molar refractivity (Wildman–Crippen MR) is 88.4 cm³/mol. The van der Waals surface area contributed by atoms with E-state index in [0.29, 0.717) is 6.04 Å². The highest BCUT2D eigenvalue weighted by atomic mass is 127. The first-order valence-electron chi connectivity index (χ1n) is 6.24. The van der Waals surface area contributed by atoms with Crippen LogP contribution in [0.2, 0.25) is 0 Å². The van der Waals surface area contributed by atoms with E-state index in [2.05, 4.69) is 70.5 Å². The van der Waals surface area contributed by atoms with Gasteiger partial charge >= 0.3 is 0 Å². The molecule has 0 aliphatic rings. The van der Waals surface area contributed by atoms with Crippen molar-refractivity contribution in [2.45, 2.75) is 25.8 Å². The molecule has 2 rings (SSSR count). The number of hydrogen-bond donors (Lipinski definition) is 1. The number of aryl methyl sites for hydroxylation is 1. The van der Waals surface area contributed by atoms with Crippen LogP contribution in [-0.4, -0.2) is 7.05 Å². The first kappa shape index (κ1) is 14.0. The molecule has 96 valence electrons. The molecule has 0 fully saturated rings. The lowest BCUT2D eigenvalue weighted by atomic mass is 9.98. The molecule has 1 atom stereocenters. The van der Waals surface area contributed by atoms with Crippen molar-refractivity contribution in [2.75, 3.05) is 7.05 Å². The van der Waals surface area contributed by atoms with Crippen molar-refractivity contribution in [1.29, 1.82) is 0 Å². The number of halogens is 1. The zero-order valence-electron chi connectivity index (χ0n) is 10.7. The fourth-order valence-corrected chi connectivity index (χ4v) is 3.62. The molecular formula is C15H18INS. The van der Waals surface area contributed by atoms with Crippen LogP contribution in [-0.2, 0) is 6.42 Å². The molecule has 1 aromatic heterocycles. The Labute approximate surface area is 127 Å². The summed E-state index contributed by atoms with van der Waals surface area (Å²) in [6.45, 7) is 2.23. The smallest absolute Gasteiger partial charge is 0.0656 e. The van der Waals surface area contributed by atoms with Gasteiger partial charge in [-0.15, -0.1) is 11.3 Å². The van der Waals surface area contributed by atoms with Gasteiger partial charge in [0.1, 0.15) is 0 Å². The molecule has 0 aliphatic heterocycles. The molecule has 18 heavy (non-hydrogen) atoms. The summed E-state index contributed by atoms with van der Waals surface area (Å²) in [7, 11) is 2.03. The van der Waals surface area contributed by atoms with Crippen molar-refractivity contribution in [3.63, 3.8) is 0 Å². The van der Waals surface area contributed by atoms with Gasteiger partial charge in [0.15, 0.2) is 0 Å². The van der Waals surface area contributed by atoms with E-state index in [1.54, 1.807) is 11.3 Å². The average Bonchev–Trinajstić information content (AvgIpc) is 2.78. The van der Waals surface area contributed by atoms with Gasteiger partial charge in [-0.05, 0) is 64.2 Å². The molecule has 1 N–H and O–H groups in total. The monoisotopic (exact) mass is 371 g/mol. The molecule has 1 heterocycles. The van der Waals surface area contributed by atoms with Gasteiger partial charge in [0.2, 0.25) is 0 Å². The summed E-state index contributed by atoms with van der Waals surface area (Å²) < 4.78 is 1.34. The molecule has 1 aromatic carbocycles. The molecule has 0 spiro atoms. The third kappa shape index (κ3) is 3.33. The summed E-state index contributed by atoms with van der Waals surface area (Å²) in [6.07, 6.45) is 2.36. The first-order valence-corrected chi connectivity index (χ1v) is 8.20. The minimum atomic E-state index is 0.307. The Morgan fingerprint density at radius 1 is 1.28 bits per heavy atom. The molecule has 2 aromatic rings. The number of benzene rings is 1. The van der Waals surface area contributed by atoms with E-state index in [-0.39, 0.29) is 0 Å². The van der Waals surface area contributed by atoms with Crippen LogP contribution in [0, 0.1) is 2.88 Å². The Kier molecular flexibility index (Phi) is 5.21. The molecule has 0 bridgehead atoms. The average molecular weight is 371 g/mol. The second kappa shape index (κ2) is 6.68. The Balaban J connectivity index is 2.29. The Morgan fingerprint density at radius 2 is 2.11 bits per heavy atom. The van der Waals surface area contributed by atoms with Crippen LogP contribution in [0.1, 0.15) is 36.1 Å². The third-order valence-electron chi connectivity index (χ3n) is 3.03. The first-order chi connectivity index (χ1) is 8.74. The second-order valence-electron chi connectivity index (χ2n) is 4.40. The van der Waals surface area contributed by atoms with Crippen molar-refractivity contribution in [2.24, 2.45) is 0 Å². The van der Waals surface area contributed by atoms with E-state index in [4.69, 9.17) is 0 Å². The van der Waals surface area contributed by atoms with Crippen molar-refractivity contribution >= 4 is 33.9 Å². The summed E-state index contributed by atoms with van der Waals surface area (Å²) in [5.74, 6) is 0. The fraction of sp³-hybridized carbons (Fsp3) is 0.333. The molecule has 0 radical (unpaired) electrons. The van der Waals surface area contributed by atoms with Gasteiger partial charge in [0.25, 0.3) is 0 Å². The van der Waals surface area contributed by atoms with Crippen LogP contribution in [0.5, 0.6) is 0 Å². The van der Waals surface area contributed by atoms with Gasteiger partial charge in [-0.25, -0.2) is 0 Å². The summed E-state index contributed by atoms with van der Waals surface area (Å²) in [5.41, 5.74) is 4.15. The molecule has 1 nitrogen and oxygen atoms in total. The highest BCUT2D eigenvalue weighted by molar-refractivity contribution is 14.1. The highest BCUT2D eigenvalue weighted by Crippen LogP contribution is 2.27. The molecule has 0 saturated heterocycles. The lowest BCUT2D eigenvalue weighted by Crippen LogP contribution is -2.17. The van der Waals surface area contributed by atoms with Gasteiger partial charge in [-0.2, -0.15) is 0 Å². The maximum absolute atomic E-state index is 3.42. The summed E-state index contributed by atoms with van der Waals surface area (Å²) in [6, 6.07) is 11.5. The molecule has 0 amide bonds. The van der Waals surface area contributed by atoms with Crippen molar-refractivity contribution in [3.05, 3.63) is 55.3 Å². The zero-order valence-corrected chi connectivity index (χ0v) is 13.7. The van der Waals surface area contributed by atoms with E-state index in [9.17, 15) is 0 Å². The number of nitrogens with one attached hydrogen (secondary N) is 1. The predicted octanol–water partition coefficient (Wildman–Crippen LogP) is 4.61. The third-order valence-corrected chi connectivity index (χ3v) is 4.84. The van der Waals surface area contributed by atoms with Gasteiger partial charge in [0, 0.05) is 0 Å². The number of thiophene rings is 1. The van der Waals surface area contributed by atoms with Crippen LogP contribution in [0.3, 0.4) is 0 Å². The highest BCUT2D eigenvalue weighted by Gasteiger charge is 2.13. The SMILES string of the molecule is CCCc1cccc(C(NC)c2csc(I)c2)c1. The molecule has 0 saturated carbocycles. The second-order valence-corrected chi connectivity index (χ2v) is 7.21. The molecular weight excluding hydrogens is 353 g/mol. The molecule has 1 unspecified atom stereocenters. The van der Waals surface area contributed by atoms with E-state index < -0.39 is 0 Å². The van der Waals surface area contributed by atoms with Gasteiger partial charge in [-0.1, -0.05) is 37.6 Å². The Hall–Kier alpha value is -0.390. The number of rotatable bonds is 5. The maximum Gasteiger partial charge on any atom is 0.0656 e. The van der Waals surface area contributed by atoms with Gasteiger partial charge < -0.3 is 5.32 Å². The van der Waals surface area contributed by atoms with Gasteiger partial charge in [0.05, 0.1) is 8.93 Å². The molecule has 3 heteroatoms. The van der Waals surface area contributed by atoms with E-state index in [1.165, 1.54) is 26.0 Å². The van der Waals surface area contributed by atoms with Crippen LogP contribution in [0.25, 0.3) is 0 Å². The summed E-state index contributed by atoms with van der Waals surface area (Å²) in [4.78, 5) is 0. The maximum atomic E-state index is 3.42. The standard InChI is InChI=1S/C15H18INS/c1-3-5-11-6-4-7-12(8-11)15(17-2)13-9-14(16)18-10-13/h4,6-10,15,17H,3,5H2,1-2H3. The zero-order chi connectivity index (χ0) is 13.0. The van der Waals surface area contributed by atoms with Crippen molar-refractivity contribution in [3.8, 4) is 0 Å². The van der Waals surface area contributed by atoms with E-state index >= 15 is 0 Å². The lowest BCUT2D eigenvalue weighted by molar-refractivity contribution is 0.692. The van der Waals surface area contributed by atoms with Crippen LogP contribution >= 0.6 is 33.9 Å².